The zero-order valence-corrected chi connectivity index (χ0v) is 30.9. The van der Waals surface area contributed by atoms with Gasteiger partial charge < -0.3 is 15.5 Å². The van der Waals surface area contributed by atoms with Crippen molar-refractivity contribution < 1.29 is 22.0 Å². The summed E-state index contributed by atoms with van der Waals surface area (Å²) in [5.74, 6) is -1.39. The van der Waals surface area contributed by atoms with Gasteiger partial charge in [0.15, 0.2) is 0 Å². The Hall–Kier alpha value is -5.53. The van der Waals surface area contributed by atoms with E-state index in [0.717, 1.165) is 56.6 Å². The standard InChI is InChI=1S/C41H41F2N7O3S/c1-3-8-29-25-28(27-17-21-49(22-18-27)23-24-54(2,52)53)14-15-34(29)45-41-44-19-16-35(46-41)39-37(47-36-13-4-5-20-50(36)39)30-9-6-10-31(26-30)40(51)48-38-32(42)11-7-12-33(38)43/h4-7,9-16,19-20,25-27H,3,8,17-18,21-24H2,1-2H3,(H,48,51)(H,44,45,46). The van der Waals surface area contributed by atoms with Crippen molar-refractivity contribution in [2.75, 3.05) is 42.3 Å². The maximum Gasteiger partial charge on any atom is 0.255 e. The maximum absolute atomic E-state index is 14.3. The zero-order chi connectivity index (χ0) is 37.8. The molecule has 0 aliphatic carbocycles. The highest BCUT2D eigenvalue weighted by Crippen LogP contribution is 2.35. The van der Waals surface area contributed by atoms with E-state index < -0.39 is 33.1 Å². The summed E-state index contributed by atoms with van der Waals surface area (Å²) in [6.07, 6.45) is 8.65. The molecule has 7 rings (SSSR count). The molecular formula is C41H41F2N7O3S. The molecule has 0 saturated carbocycles. The Kier molecular flexibility index (Phi) is 10.8. The maximum atomic E-state index is 14.3. The van der Waals surface area contributed by atoms with Crippen molar-refractivity contribution >= 4 is 38.7 Å². The van der Waals surface area contributed by atoms with Crippen LogP contribution in [0.4, 0.5) is 26.1 Å². The van der Waals surface area contributed by atoms with Crippen LogP contribution in [-0.4, -0.2) is 70.2 Å². The minimum Gasteiger partial charge on any atom is -0.324 e. The Labute approximate surface area is 313 Å². The van der Waals surface area contributed by atoms with Gasteiger partial charge in [-0.2, -0.15) is 0 Å². The highest BCUT2D eigenvalue weighted by molar-refractivity contribution is 7.90. The van der Waals surface area contributed by atoms with Crippen LogP contribution in [0.2, 0.25) is 0 Å². The van der Waals surface area contributed by atoms with E-state index in [-0.39, 0.29) is 11.3 Å². The molecule has 10 nitrogen and oxygen atoms in total. The number of benzene rings is 3. The van der Waals surface area contributed by atoms with Crippen LogP contribution in [-0.2, 0) is 16.3 Å². The van der Waals surface area contributed by atoms with Crippen molar-refractivity contribution in [3.8, 4) is 22.6 Å². The fourth-order valence-electron chi connectivity index (χ4n) is 6.97. The summed E-state index contributed by atoms with van der Waals surface area (Å²) >= 11 is 0. The number of piperidine rings is 1. The molecule has 1 amide bonds. The molecule has 6 aromatic rings. The quantitative estimate of drug-likeness (QED) is 0.130. The molecular weight excluding hydrogens is 709 g/mol. The lowest BCUT2D eigenvalue weighted by atomic mass is 9.87. The molecule has 278 valence electrons. The van der Waals surface area contributed by atoms with Crippen LogP contribution in [0.25, 0.3) is 28.3 Å². The van der Waals surface area contributed by atoms with Crippen molar-refractivity contribution in [3.63, 3.8) is 0 Å². The van der Waals surface area contributed by atoms with Crippen LogP contribution in [0.3, 0.4) is 0 Å². The first kappa shape index (κ1) is 36.8. The fourth-order valence-corrected chi connectivity index (χ4v) is 7.56. The van der Waals surface area contributed by atoms with Gasteiger partial charge in [0.25, 0.3) is 5.91 Å². The molecule has 54 heavy (non-hydrogen) atoms. The van der Waals surface area contributed by atoms with Gasteiger partial charge in [0.1, 0.15) is 32.8 Å². The van der Waals surface area contributed by atoms with E-state index in [1.165, 1.54) is 23.4 Å². The lowest BCUT2D eigenvalue weighted by molar-refractivity contribution is 0.102. The molecule has 1 fully saturated rings. The number of aromatic nitrogens is 4. The van der Waals surface area contributed by atoms with E-state index in [1.54, 1.807) is 30.5 Å². The largest absolute Gasteiger partial charge is 0.324 e. The number of hydrogen-bond acceptors (Lipinski definition) is 8. The number of nitrogens with one attached hydrogen (secondary N) is 2. The van der Waals surface area contributed by atoms with Gasteiger partial charge >= 0.3 is 0 Å². The summed E-state index contributed by atoms with van der Waals surface area (Å²) in [5, 5.41) is 5.82. The van der Waals surface area contributed by atoms with E-state index in [9.17, 15) is 22.0 Å². The third kappa shape index (κ3) is 8.32. The molecule has 1 aliphatic rings. The summed E-state index contributed by atoms with van der Waals surface area (Å²) in [5.41, 5.74) is 6.20. The Morgan fingerprint density at radius 1 is 0.926 bits per heavy atom. The van der Waals surface area contributed by atoms with E-state index in [1.807, 2.05) is 34.9 Å². The molecule has 0 bridgehead atoms. The highest BCUT2D eigenvalue weighted by atomic mass is 32.2. The number of pyridine rings is 1. The average molecular weight is 750 g/mol. The van der Waals surface area contributed by atoms with Crippen LogP contribution in [0.5, 0.6) is 0 Å². The summed E-state index contributed by atoms with van der Waals surface area (Å²) in [7, 11) is -2.98. The summed E-state index contributed by atoms with van der Waals surface area (Å²) < 4.78 is 53.8. The molecule has 13 heteroatoms. The fraction of sp³-hybridized carbons (Fsp3) is 0.268. The van der Waals surface area contributed by atoms with Gasteiger partial charge in [-0.15, -0.1) is 0 Å². The molecule has 0 atom stereocenters. The Bertz CT molecular complexity index is 2410. The number of para-hydroxylation sites is 1. The lowest BCUT2D eigenvalue weighted by Gasteiger charge is -2.32. The second-order valence-electron chi connectivity index (χ2n) is 13.7. The summed E-state index contributed by atoms with van der Waals surface area (Å²) in [4.78, 5) is 29.8. The minimum absolute atomic E-state index is 0.189. The first-order valence-electron chi connectivity index (χ1n) is 18.0. The van der Waals surface area contributed by atoms with Gasteiger partial charge in [-0.3, -0.25) is 9.20 Å². The predicted molar refractivity (Wildman–Crippen MR) is 208 cm³/mol. The second-order valence-corrected chi connectivity index (χ2v) is 15.9. The van der Waals surface area contributed by atoms with Crippen LogP contribution in [0.1, 0.15) is 53.6 Å². The molecule has 0 radical (unpaired) electrons. The number of carbonyl (C=O) groups excluding carboxylic acids is 1. The Balaban J connectivity index is 1.15. The summed E-state index contributed by atoms with van der Waals surface area (Å²) in [6.45, 7) is 4.48. The van der Waals surface area contributed by atoms with Crippen molar-refractivity contribution in [2.45, 2.75) is 38.5 Å². The number of fused-ring (bicyclic) bond motifs is 1. The van der Waals surface area contributed by atoms with Crippen LogP contribution in [0.15, 0.2) is 97.3 Å². The third-order valence-electron chi connectivity index (χ3n) is 9.76. The number of rotatable bonds is 12. The lowest BCUT2D eigenvalue weighted by Crippen LogP contribution is -2.36. The van der Waals surface area contributed by atoms with Crippen molar-refractivity contribution in [3.05, 3.63) is 126 Å². The minimum atomic E-state index is -2.98. The molecule has 3 aromatic heterocycles. The Morgan fingerprint density at radius 2 is 1.70 bits per heavy atom. The monoisotopic (exact) mass is 749 g/mol. The van der Waals surface area contributed by atoms with Gasteiger partial charge in [-0.05, 0) is 97.9 Å². The molecule has 4 heterocycles. The van der Waals surface area contributed by atoms with Crippen LogP contribution < -0.4 is 10.6 Å². The van der Waals surface area contributed by atoms with Gasteiger partial charge in [0.2, 0.25) is 5.95 Å². The molecule has 0 spiro atoms. The van der Waals surface area contributed by atoms with Gasteiger partial charge in [-0.25, -0.2) is 32.2 Å². The van der Waals surface area contributed by atoms with E-state index in [0.29, 0.717) is 46.7 Å². The second kappa shape index (κ2) is 15.8. The smallest absolute Gasteiger partial charge is 0.255 e. The van der Waals surface area contributed by atoms with E-state index in [4.69, 9.17) is 9.97 Å². The van der Waals surface area contributed by atoms with Crippen molar-refractivity contribution in [1.29, 1.82) is 0 Å². The first-order valence-corrected chi connectivity index (χ1v) is 20.1. The molecule has 2 N–H and O–H groups in total. The number of sulfone groups is 1. The number of likely N-dealkylation sites (tertiary alicyclic amines) is 1. The zero-order valence-electron chi connectivity index (χ0n) is 30.1. The van der Waals surface area contributed by atoms with E-state index >= 15 is 0 Å². The number of halogens is 2. The molecule has 0 unspecified atom stereocenters. The Morgan fingerprint density at radius 3 is 2.46 bits per heavy atom. The van der Waals surface area contributed by atoms with Crippen LogP contribution in [0, 0.1) is 11.6 Å². The molecule has 1 saturated heterocycles. The number of hydrogen-bond donors (Lipinski definition) is 2. The number of anilines is 3. The topological polar surface area (TPSA) is 122 Å². The van der Waals surface area contributed by atoms with Gasteiger partial charge in [0, 0.05) is 42.0 Å². The van der Waals surface area contributed by atoms with Crippen molar-refractivity contribution in [2.24, 2.45) is 0 Å². The SMILES string of the molecule is CCCc1cc(C2CCN(CCS(C)(=O)=O)CC2)ccc1Nc1nccc(-c2c(-c3cccc(C(=O)Nc4c(F)cccc4F)c3)nc3ccccn23)n1. The number of amides is 1. The molecule has 1 aliphatic heterocycles. The number of aryl methyl sites for hydroxylation is 1. The summed E-state index contributed by atoms with van der Waals surface area (Å²) in [6, 6.07) is 24.1. The third-order valence-corrected chi connectivity index (χ3v) is 10.7. The van der Waals surface area contributed by atoms with Crippen molar-refractivity contribution in [1.82, 2.24) is 24.3 Å². The van der Waals surface area contributed by atoms with Gasteiger partial charge in [-0.1, -0.05) is 49.7 Å². The highest BCUT2D eigenvalue weighted by Gasteiger charge is 2.23. The predicted octanol–water partition coefficient (Wildman–Crippen LogP) is 7.91. The molecule has 3 aromatic carbocycles. The van der Waals surface area contributed by atoms with E-state index in [2.05, 4.69) is 45.6 Å². The number of nitrogens with zero attached hydrogens (tertiary/aromatic N) is 5. The number of carbonyl (C=O) groups is 1. The van der Waals surface area contributed by atoms with Gasteiger partial charge in [0.05, 0.1) is 22.8 Å². The average Bonchev–Trinajstić information content (AvgIpc) is 3.56. The van der Waals surface area contributed by atoms with Crippen LogP contribution >= 0.6 is 0 Å². The number of imidazole rings is 1. The first-order chi connectivity index (χ1) is 26.1. The normalized spacial score (nSPS) is 14.0.